The van der Waals surface area contributed by atoms with Crippen LogP contribution in [0.15, 0.2) is 24.3 Å². The third-order valence-corrected chi connectivity index (χ3v) is 4.06. The summed E-state index contributed by atoms with van der Waals surface area (Å²) in [5, 5.41) is 14.3. The van der Waals surface area contributed by atoms with Gasteiger partial charge in [0, 0.05) is 24.2 Å². The summed E-state index contributed by atoms with van der Waals surface area (Å²) < 4.78 is 0. The predicted molar refractivity (Wildman–Crippen MR) is 76.1 cm³/mol. The highest BCUT2D eigenvalue weighted by Crippen LogP contribution is 2.37. The number of nitrogens with zero attached hydrogens (tertiary/aromatic N) is 1. The predicted octanol–water partition coefficient (Wildman–Crippen LogP) is 3.82. The van der Waals surface area contributed by atoms with Crippen molar-refractivity contribution >= 4 is 5.69 Å². The van der Waals surface area contributed by atoms with Crippen molar-refractivity contribution < 1.29 is 4.92 Å². The third-order valence-electron chi connectivity index (χ3n) is 4.06. The van der Waals surface area contributed by atoms with Gasteiger partial charge in [-0.1, -0.05) is 26.0 Å². The van der Waals surface area contributed by atoms with Crippen LogP contribution in [0.25, 0.3) is 0 Å². The lowest BCUT2D eigenvalue weighted by Crippen LogP contribution is -2.30. The molecule has 0 heterocycles. The van der Waals surface area contributed by atoms with Crippen molar-refractivity contribution in [2.45, 2.75) is 52.1 Å². The molecule has 1 aliphatic rings. The maximum absolute atomic E-state index is 10.6. The fourth-order valence-electron chi connectivity index (χ4n) is 2.91. The molecule has 4 nitrogen and oxygen atoms in total. The monoisotopic (exact) mass is 262 g/mol. The highest BCUT2D eigenvalue weighted by atomic mass is 16.6. The van der Waals surface area contributed by atoms with Crippen molar-refractivity contribution in [2.75, 3.05) is 0 Å². The van der Waals surface area contributed by atoms with Crippen LogP contribution in [0.3, 0.4) is 0 Å². The van der Waals surface area contributed by atoms with Gasteiger partial charge in [0.15, 0.2) is 0 Å². The van der Waals surface area contributed by atoms with Crippen LogP contribution in [0.5, 0.6) is 0 Å². The van der Waals surface area contributed by atoms with E-state index in [1.807, 2.05) is 12.1 Å². The van der Waals surface area contributed by atoms with E-state index in [9.17, 15) is 10.1 Å². The molecular weight excluding hydrogens is 240 g/mol. The van der Waals surface area contributed by atoms with Crippen molar-refractivity contribution in [1.29, 1.82) is 0 Å². The number of benzene rings is 1. The Labute approximate surface area is 114 Å². The van der Waals surface area contributed by atoms with Crippen LogP contribution in [0.1, 0.15) is 51.6 Å². The number of rotatable bonds is 4. The van der Waals surface area contributed by atoms with Gasteiger partial charge >= 0.3 is 0 Å². The zero-order valence-electron chi connectivity index (χ0n) is 11.8. The molecule has 2 atom stereocenters. The van der Waals surface area contributed by atoms with Crippen LogP contribution >= 0.6 is 0 Å². The molecule has 1 aromatic rings. The van der Waals surface area contributed by atoms with E-state index in [4.69, 9.17) is 0 Å². The topological polar surface area (TPSA) is 55.2 Å². The highest BCUT2D eigenvalue weighted by molar-refractivity contribution is 5.34. The minimum Gasteiger partial charge on any atom is -0.307 e. The van der Waals surface area contributed by atoms with Gasteiger partial charge in [-0.15, -0.1) is 0 Å². The van der Waals surface area contributed by atoms with E-state index in [-0.39, 0.29) is 16.7 Å². The average molecular weight is 262 g/mol. The molecule has 0 radical (unpaired) electrons. The standard InChI is InChI=1S/C15H22N2O2/c1-11(16-13-8-9-15(2,3)10-13)12-4-6-14(7-5-12)17(18)19/h4-7,11,13,16H,8-10H2,1-3H3. The second-order valence-electron chi connectivity index (χ2n) is 6.34. The van der Waals surface area contributed by atoms with Gasteiger partial charge in [-0.2, -0.15) is 0 Å². The maximum Gasteiger partial charge on any atom is 0.269 e. The van der Waals surface area contributed by atoms with Crippen molar-refractivity contribution in [2.24, 2.45) is 5.41 Å². The molecule has 19 heavy (non-hydrogen) atoms. The van der Waals surface area contributed by atoms with E-state index < -0.39 is 0 Å². The van der Waals surface area contributed by atoms with Gasteiger partial charge in [-0.25, -0.2) is 0 Å². The van der Waals surface area contributed by atoms with E-state index >= 15 is 0 Å². The number of nitrogens with one attached hydrogen (secondary N) is 1. The van der Waals surface area contributed by atoms with Crippen LogP contribution in [0, 0.1) is 15.5 Å². The Balaban J connectivity index is 1.96. The van der Waals surface area contributed by atoms with E-state index in [0.29, 0.717) is 11.5 Å². The van der Waals surface area contributed by atoms with Gasteiger partial charge in [-0.3, -0.25) is 10.1 Å². The normalized spacial score (nSPS) is 23.2. The number of non-ortho nitro benzene ring substituents is 1. The van der Waals surface area contributed by atoms with Gasteiger partial charge < -0.3 is 5.32 Å². The van der Waals surface area contributed by atoms with E-state index in [1.54, 1.807) is 12.1 Å². The zero-order chi connectivity index (χ0) is 14.0. The van der Waals surface area contributed by atoms with Gasteiger partial charge in [0.1, 0.15) is 0 Å². The summed E-state index contributed by atoms with van der Waals surface area (Å²) in [5.41, 5.74) is 1.70. The minimum absolute atomic E-state index is 0.151. The minimum atomic E-state index is -0.360. The Hall–Kier alpha value is -1.42. The SMILES string of the molecule is CC(NC1CCC(C)(C)C1)c1ccc([N+](=O)[O-])cc1. The molecule has 0 spiro atoms. The number of nitro groups is 1. The number of hydrogen-bond acceptors (Lipinski definition) is 3. The summed E-state index contributed by atoms with van der Waals surface area (Å²) >= 11 is 0. The molecule has 4 heteroatoms. The summed E-state index contributed by atoms with van der Waals surface area (Å²) in [6, 6.07) is 7.63. The van der Waals surface area contributed by atoms with Crippen LogP contribution in [0.2, 0.25) is 0 Å². The van der Waals surface area contributed by atoms with Crippen molar-refractivity contribution in [3.05, 3.63) is 39.9 Å². The van der Waals surface area contributed by atoms with Crippen molar-refractivity contribution in [1.82, 2.24) is 5.32 Å². The van der Waals surface area contributed by atoms with Gasteiger partial charge in [0.2, 0.25) is 0 Å². The molecule has 1 fully saturated rings. The van der Waals surface area contributed by atoms with E-state index in [2.05, 4.69) is 26.1 Å². The molecule has 1 aliphatic carbocycles. The van der Waals surface area contributed by atoms with Crippen molar-refractivity contribution in [3.8, 4) is 0 Å². The first-order valence-electron chi connectivity index (χ1n) is 6.88. The van der Waals surface area contributed by atoms with Gasteiger partial charge in [0.05, 0.1) is 4.92 Å². The summed E-state index contributed by atoms with van der Waals surface area (Å²) in [6.07, 6.45) is 3.67. The lowest BCUT2D eigenvalue weighted by molar-refractivity contribution is -0.384. The molecule has 104 valence electrons. The first-order chi connectivity index (χ1) is 8.87. The van der Waals surface area contributed by atoms with E-state index in [1.165, 1.54) is 19.3 Å². The Morgan fingerprint density at radius 3 is 2.47 bits per heavy atom. The molecule has 1 saturated carbocycles. The molecule has 1 aromatic carbocycles. The first kappa shape index (κ1) is 14.0. The Morgan fingerprint density at radius 2 is 2.00 bits per heavy atom. The molecule has 0 aromatic heterocycles. The molecule has 0 aliphatic heterocycles. The van der Waals surface area contributed by atoms with Crippen molar-refractivity contribution in [3.63, 3.8) is 0 Å². The molecule has 2 unspecified atom stereocenters. The summed E-state index contributed by atoms with van der Waals surface area (Å²) in [5.74, 6) is 0. The number of nitro benzene ring substituents is 1. The Morgan fingerprint density at radius 1 is 1.37 bits per heavy atom. The second kappa shape index (κ2) is 5.29. The summed E-state index contributed by atoms with van der Waals surface area (Å²) in [7, 11) is 0. The molecule has 0 bridgehead atoms. The van der Waals surface area contributed by atoms with Crippen LogP contribution in [-0.4, -0.2) is 11.0 Å². The van der Waals surface area contributed by atoms with Crippen LogP contribution in [0.4, 0.5) is 5.69 Å². The Bertz CT molecular complexity index is 454. The van der Waals surface area contributed by atoms with Gasteiger partial charge in [0.25, 0.3) is 5.69 Å². The fraction of sp³-hybridized carbons (Fsp3) is 0.600. The molecule has 1 N–H and O–H groups in total. The quantitative estimate of drug-likeness (QED) is 0.663. The maximum atomic E-state index is 10.6. The van der Waals surface area contributed by atoms with Gasteiger partial charge in [-0.05, 0) is 37.2 Å². The second-order valence-corrected chi connectivity index (χ2v) is 6.34. The smallest absolute Gasteiger partial charge is 0.269 e. The fourth-order valence-corrected chi connectivity index (χ4v) is 2.91. The molecule has 2 rings (SSSR count). The van der Waals surface area contributed by atoms with Crippen LogP contribution in [-0.2, 0) is 0 Å². The average Bonchev–Trinajstić information content (AvgIpc) is 2.68. The molecule has 0 saturated heterocycles. The third kappa shape index (κ3) is 3.53. The van der Waals surface area contributed by atoms with Crippen LogP contribution < -0.4 is 5.32 Å². The Kier molecular flexibility index (Phi) is 3.90. The largest absolute Gasteiger partial charge is 0.307 e. The molecule has 0 amide bonds. The lowest BCUT2D eigenvalue weighted by atomic mass is 9.91. The summed E-state index contributed by atoms with van der Waals surface area (Å²) in [6.45, 7) is 6.74. The zero-order valence-corrected chi connectivity index (χ0v) is 11.8. The highest BCUT2D eigenvalue weighted by Gasteiger charge is 2.31. The van der Waals surface area contributed by atoms with E-state index in [0.717, 1.165) is 5.56 Å². The number of hydrogen-bond donors (Lipinski definition) is 1. The molecular formula is C15H22N2O2. The summed E-state index contributed by atoms with van der Waals surface area (Å²) in [4.78, 5) is 10.3. The first-order valence-corrected chi connectivity index (χ1v) is 6.88. The lowest BCUT2D eigenvalue weighted by Gasteiger charge is -2.22.